The molecule has 0 saturated heterocycles. The zero-order chi connectivity index (χ0) is 20.8. The van der Waals surface area contributed by atoms with Gasteiger partial charge in [-0.25, -0.2) is 0 Å². The number of carbonyl (C=O) groups excluding carboxylic acids is 1. The largest absolute Gasteiger partial charge is 0.352 e. The Balaban J connectivity index is 1.30. The fourth-order valence-electron chi connectivity index (χ4n) is 3.96. The van der Waals surface area contributed by atoms with Gasteiger partial charge in [0.15, 0.2) is 0 Å². The summed E-state index contributed by atoms with van der Waals surface area (Å²) in [6.07, 6.45) is 4.80. The number of pyridine rings is 1. The average Bonchev–Trinajstić information content (AvgIpc) is 3.06. The van der Waals surface area contributed by atoms with E-state index in [9.17, 15) is 4.79 Å². The molecule has 0 spiro atoms. The molecular formula is C23H28N6O. The number of nitrogens with one attached hydrogen (secondary N) is 1. The van der Waals surface area contributed by atoms with Crippen molar-refractivity contribution in [2.75, 3.05) is 26.2 Å². The van der Waals surface area contributed by atoms with E-state index in [2.05, 4.69) is 67.2 Å². The second-order valence-corrected chi connectivity index (χ2v) is 7.79. The van der Waals surface area contributed by atoms with Crippen molar-refractivity contribution >= 4 is 5.91 Å². The Bertz CT molecular complexity index is 956. The first-order valence-electron chi connectivity index (χ1n) is 10.6. The highest BCUT2D eigenvalue weighted by Gasteiger charge is 2.20. The van der Waals surface area contributed by atoms with Crippen LogP contribution in [0, 0.1) is 0 Å². The number of nitrogens with zero attached hydrogens (tertiary/aromatic N) is 5. The number of fused-ring (bicyclic) bond motifs is 1. The van der Waals surface area contributed by atoms with Crippen molar-refractivity contribution in [3.05, 3.63) is 77.6 Å². The Morgan fingerprint density at radius 3 is 2.77 bits per heavy atom. The first-order valence-corrected chi connectivity index (χ1v) is 10.6. The smallest absolute Gasteiger partial charge is 0.252 e. The van der Waals surface area contributed by atoms with Crippen LogP contribution in [0.15, 0.2) is 54.9 Å². The molecule has 1 aromatic carbocycles. The standard InChI is InChI=1S/C23H28N6O/c1-18(19-6-3-2-4-7-19)17-28-13-10-22-27-26-21(29(22)15-14-28)9-12-25-23(30)20-8-5-11-24-16-20/h2-8,11,16,18H,9-10,12-15,17H2,1H3,(H,25,30)/t18-/m0/s1. The average molecular weight is 405 g/mol. The van der Waals surface area contributed by atoms with Gasteiger partial charge in [-0.3, -0.25) is 9.78 Å². The van der Waals surface area contributed by atoms with Crippen LogP contribution in [0.2, 0.25) is 0 Å². The summed E-state index contributed by atoms with van der Waals surface area (Å²) in [5, 5.41) is 11.7. The van der Waals surface area contributed by atoms with Gasteiger partial charge in [0.25, 0.3) is 5.91 Å². The van der Waals surface area contributed by atoms with Crippen LogP contribution in [0.1, 0.15) is 40.4 Å². The van der Waals surface area contributed by atoms with Crippen LogP contribution >= 0.6 is 0 Å². The first kappa shape index (κ1) is 20.2. The molecule has 0 saturated carbocycles. The molecule has 2 aromatic heterocycles. The molecule has 7 heteroatoms. The lowest BCUT2D eigenvalue weighted by atomic mass is 10.0. The summed E-state index contributed by atoms with van der Waals surface area (Å²) in [5.74, 6) is 2.37. The van der Waals surface area contributed by atoms with Gasteiger partial charge in [0.2, 0.25) is 0 Å². The molecule has 0 fully saturated rings. The summed E-state index contributed by atoms with van der Waals surface area (Å²) in [7, 11) is 0. The summed E-state index contributed by atoms with van der Waals surface area (Å²) in [6, 6.07) is 14.2. The highest BCUT2D eigenvalue weighted by molar-refractivity contribution is 5.93. The van der Waals surface area contributed by atoms with E-state index in [1.165, 1.54) is 5.56 Å². The second-order valence-electron chi connectivity index (χ2n) is 7.79. The van der Waals surface area contributed by atoms with Crippen LogP contribution in [0.5, 0.6) is 0 Å². The number of amides is 1. The lowest BCUT2D eigenvalue weighted by Crippen LogP contribution is -2.31. The predicted molar refractivity (Wildman–Crippen MR) is 115 cm³/mol. The molecule has 3 aromatic rings. The molecule has 4 rings (SSSR count). The van der Waals surface area contributed by atoms with E-state index in [4.69, 9.17) is 0 Å². The number of rotatable bonds is 7. The summed E-state index contributed by atoms with van der Waals surface area (Å²) >= 11 is 0. The maximum atomic E-state index is 12.2. The fourth-order valence-corrected chi connectivity index (χ4v) is 3.96. The van der Waals surface area contributed by atoms with E-state index in [1.807, 2.05) is 0 Å². The SMILES string of the molecule is C[C@@H](CN1CCc2nnc(CCNC(=O)c3cccnc3)n2CC1)c1ccccc1. The lowest BCUT2D eigenvalue weighted by Gasteiger charge is -2.24. The van der Waals surface area contributed by atoms with E-state index in [0.29, 0.717) is 24.4 Å². The Kier molecular flexibility index (Phi) is 6.49. The molecule has 1 aliphatic rings. The zero-order valence-electron chi connectivity index (χ0n) is 17.4. The number of hydrogen-bond acceptors (Lipinski definition) is 5. The molecule has 0 radical (unpaired) electrons. The van der Waals surface area contributed by atoms with E-state index in [-0.39, 0.29) is 5.91 Å². The van der Waals surface area contributed by atoms with Crippen molar-refractivity contribution < 1.29 is 4.79 Å². The highest BCUT2D eigenvalue weighted by atomic mass is 16.1. The monoisotopic (exact) mass is 404 g/mol. The van der Waals surface area contributed by atoms with Crippen molar-refractivity contribution in [3.8, 4) is 0 Å². The van der Waals surface area contributed by atoms with Gasteiger partial charge >= 0.3 is 0 Å². The minimum atomic E-state index is -0.111. The molecule has 156 valence electrons. The lowest BCUT2D eigenvalue weighted by molar-refractivity contribution is 0.0953. The number of carbonyl (C=O) groups is 1. The predicted octanol–water partition coefficient (Wildman–Crippen LogP) is 2.31. The van der Waals surface area contributed by atoms with Crippen molar-refractivity contribution in [2.24, 2.45) is 0 Å². The minimum Gasteiger partial charge on any atom is -0.352 e. The maximum Gasteiger partial charge on any atom is 0.252 e. The Hall–Kier alpha value is -3.06. The highest BCUT2D eigenvalue weighted by Crippen LogP contribution is 2.18. The van der Waals surface area contributed by atoms with Crippen molar-refractivity contribution in [3.63, 3.8) is 0 Å². The summed E-state index contributed by atoms with van der Waals surface area (Å²) in [6.45, 7) is 6.72. The number of benzene rings is 1. The van der Waals surface area contributed by atoms with Gasteiger partial charge in [-0.15, -0.1) is 10.2 Å². The molecule has 7 nitrogen and oxygen atoms in total. The Morgan fingerprint density at radius 2 is 1.97 bits per heavy atom. The van der Waals surface area contributed by atoms with Crippen LogP contribution in [0.25, 0.3) is 0 Å². The summed E-state index contributed by atoms with van der Waals surface area (Å²) in [4.78, 5) is 18.7. The molecular weight excluding hydrogens is 376 g/mol. The third-order valence-electron chi connectivity index (χ3n) is 5.65. The van der Waals surface area contributed by atoms with Crippen molar-refractivity contribution in [1.29, 1.82) is 0 Å². The van der Waals surface area contributed by atoms with Crippen LogP contribution in [0.4, 0.5) is 0 Å². The fraction of sp³-hybridized carbons (Fsp3) is 0.391. The molecule has 0 unspecified atom stereocenters. The van der Waals surface area contributed by atoms with Gasteiger partial charge in [0.05, 0.1) is 5.56 Å². The van der Waals surface area contributed by atoms with Crippen molar-refractivity contribution in [2.45, 2.75) is 32.2 Å². The number of aromatic nitrogens is 4. The van der Waals surface area contributed by atoms with Crippen LogP contribution in [0.3, 0.4) is 0 Å². The van der Waals surface area contributed by atoms with Gasteiger partial charge in [0, 0.05) is 58.0 Å². The maximum absolute atomic E-state index is 12.2. The van der Waals surface area contributed by atoms with Crippen LogP contribution in [-0.2, 0) is 19.4 Å². The molecule has 1 atom stereocenters. The second kappa shape index (κ2) is 9.63. The number of hydrogen-bond donors (Lipinski definition) is 1. The Labute approximate surface area is 177 Å². The van der Waals surface area contributed by atoms with E-state index in [1.54, 1.807) is 24.5 Å². The molecule has 3 heterocycles. The molecule has 1 aliphatic heterocycles. The van der Waals surface area contributed by atoms with Crippen LogP contribution in [-0.4, -0.2) is 56.7 Å². The quantitative estimate of drug-likeness (QED) is 0.654. The Morgan fingerprint density at radius 1 is 1.10 bits per heavy atom. The van der Waals surface area contributed by atoms with E-state index >= 15 is 0 Å². The first-order chi connectivity index (χ1) is 14.7. The molecule has 0 bridgehead atoms. The molecule has 1 N–H and O–H groups in total. The van der Waals surface area contributed by atoms with Gasteiger partial charge in [-0.05, 0) is 23.6 Å². The van der Waals surface area contributed by atoms with E-state index < -0.39 is 0 Å². The van der Waals surface area contributed by atoms with E-state index in [0.717, 1.165) is 44.2 Å². The third-order valence-corrected chi connectivity index (χ3v) is 5.65. The topological polar surface area (TPSA) is 75.9 Å². The third kappa shape index (κ3) is 4.91. The normalized spacial score (nSPS) is 15.2. The van der Waals surface area contributed by atoms with Gasteiger partial charge in [0.1, 0.15) is 11.6 Å². The van der Waals surface area contributed by atoms with Crippen LogP contribution < -0.4 is 5.32 Å². The van der Waals surface area contributed by atoms with Gasteiger partial charge in [-0.1, -0.05) is 37.3 Å². The molecule has 1 amide bonds. The zero-order valence-corrected chi connectivity index (χ0v) is 17.4. The van der Waals surface area contributed by atoms with Gasteiger partial charge < -0.3 is 14.8 Å². The molecule has 0 aliphatic carbocycles. The summed E-state index contributed by atoms with van der Waals surface area (Å²) in [5.41, 5.74) is 1.95. The van der Waals surface area contributed by atoms with Crippen molar-refractivity contribution in [1.82, 2.24) is 30.0 Å². The minimum absolute atomic E-state index is 0.111. The molecule has 30 heavy (non-hydrogen) atoms. The summed E-state index contributed by atoms with van der Waals surface area (Å²) < 4.78 is 2.23. The van der Waals surface area contributed by atoms with Gasteiger partial charge in [-0.2, -0.15) is 0 Å².